The van der Waals surface area contributed by atoms with E-state index in [0.717, 1.165) is 25.0 Å². The van der Waals surface area contributed by atoms with Crippen molar-refractivity contribution in [2.24, 2.45) is 5.41 Å². The van der Waals surface area contributed by atoms with Crippen LogP contribution >= 0.6 is 7.60 Å². The first kappa shape index (κ1) is 19.5. The maximum absolute atomic E-state index is 14.4. The Morgan fingerprint density at radius 3 is 2.42 bits per heavy atom. The predicted octanol–water partition coefficient (Wildman–Crippen LogP) is 3.75. The van der Waals surface area contributed by atoms with E-state index >= 15 is 0 Å². The summed E-state index contributed by atoms with van der Waals surface area (Å²) in [6.45, 7) is 4.04. The van der Waals surface area contributed by atoms with Gasteiger partial charge in [0.25, 0.3) is 0 Å². The van der Waals surface area contributed by atoms with Crippen molar-refractivity contribution in [2.45, 2.75) is 63.7 Å². The third-order valence-corrected chi connectivity index (χ3v) is 7.66. The summed E-state index contributed by atoms with van der Waals surface area (Å²) in [6, 6.07) is 2.45. The number of fused-ring (bicyclic) bond motifs is 1. The fraction of sp³-hybridized carbons (Fsp3) is 0.611. The maximum Gasteiger partial charge on any atom is 0.337 e. The van der Waals surface area contributed by atoms with Crippen molar-refractivity contribution in [1.82, 2.24) is 4.90 Å². The molecule has 5 nitrogen and oxygen atoms in total. The number of rotatable bonds is 4. The van der Waals surface area contributed by atoms with Gasteiger partial charge in [-0.15, -0.1) is 0 Å². The van der Waals surface area contributed by atoms with E-state index in [1.54, 1.807) is 0 Å². The van der Waals surface area contributed by atoms with E-state index in [1.807, 2.05) is 13.8 Å². The Balaban J connectivity index is 2.09. The molecule has 26 heavy (non-hydrogen) atoms. The summed E-state index contributed by atoms with van der Waals surface area (Å²) >= 11 is 0. The van der Waals surface area contributed by atoms with Crippen molar-refractivity contribution in [2.75, 3.05) is 0 Å². The predicted molar refractivity (Wildman–Crippen MR) is 92.4 cm³/mol. The largest absolute Gasteiger partial charge is 0.337 e. The maximum atomic E-state index is 14.4. The molecule has 1 aromatic rings. The number of halogens is 2. The van der Waals surface area contributed by atoms with E-state index < -0.39 is 36.8 Å². The standard InChI is InChI=1S/C18H24F2NO4P/c1-3-18(4-2)10-14(12-6-5-11(19)9-13(12)20)21-16(18)8-7-15(17(21)22)26(23,24)25/h5-6,9,14-16H,3-4,7-8,10H2,1-2H3,(H2,23,24,25)/t14-,15?,16+/m0/s1. The lowest BCUT2D eigenvalue weighted by Crippen LogP contribution is -2.51. The molecule has 3 rings (SSSR count). The second-order valence-corrected chi connectivity index (χ2v) is 9.20. The summed E-state index contributed by atoms with van der Waals surface area (Å²) in [7, 11) is -4.59. The number of hydrogen-bond acceptors (Lipinski definition) is 2. The molecule has 144 valence electrons. The molecule has 1 aromatic carbocycles. The Morgan fingerprint density at radius 2 is 1.88 bits per heavy atom. The lowest BCUT2D eigenvalue weighted by molar-refractivity contribution is -0.138. The molecule has 0 saturated carbocycles. The van der Waals surface area contributed by atoms with Crippen molar-refractivity contribution in [3.05, 3.63) is 35.4 Å². The highest BCUT2D eigenvalue weighted by molar-refractivity contribution is 7.53. The zero-order chi connectivity index (χ0) is 19.3. The molecule has 2 N–H and O–H groups in total. The minimum absolute atomic E-state index is 0.130. The van der Waals surface area contributed by atoms with Crippen LogP contribution in [0, 0.1) is 17.0 Å². The first-order valence-corrected chi connectivity index (χ1v) is 10.6. The number of carbonyl (C=O) groups is 1. The van der Waals surface area contributed by atoms with E-state index in [0.29, 0.717) is 12.8 Å². The summed E-state index contributed by atoms with van der Waals surface area (Å²) in [6.07, 6.45) is 2.66. The van der Waals surface area contributed by atoms with Gasteiger partial charge in [0, 0.05) is 17.7 Å². The van der Waals surface area contributed by atoms with Gasteiger partial charge >= 0.3 is 7.60 Å². The smallest absolute Gasteiger partial charge is 0.331 e. The van der Waals surface area contributed by atoms with Crippen LogP contribution in [0.2, 0.25) is 0 Å². The number of hydrogen-bond donors (Lipinski definition) is 2. The quantitative estimate of drug-likeness (QED) is 0.772. The lowest BCUT2D eigenvalue weighted by atomic mass is 9.72. The first-order valence-electron chi connectivity index (χ1n) is 8.97. The van der Waals surface area contributed by atoms with Gasteiger partial charge in [-0.25, -0.2) is 8.78 Å². The SMILES string of the molecule is CCC1(CC)C[C@@H](c2ccc(F)cc2F)N2C(=O)C(P(=O)(O)O)CC[C@@H]21. The van der Waals surface area contributed by atoms with Crippen molar-refractivity contribution in [3.8, 4) is 0 Å². The van der Waals surface area contributed by atoms with Gasteiger partial charge in [-0.1, -0.05) is 19.9 Å². The fourth-order valence-electron chi connectivity index (χ4n) is 4.85. The summed E-state index contributed by atoms with van der Waals surface area (Å²) in [5, 5.41) is 0. The monoisotopic (exact) mass is 387 g/mol. The summed E-state index contributed by atoms with van der Waals surface area (Å²) < 4.78 is 39.5. The second-order valence-electron chi connectivity index (χ2n) is 7.40. The third kappa shape index (κ3) is 3.00. The Hall–Kier alpha value is -1.30. The van der Waals surface area contributed by atoms with Gasteiger partial charge in [0.1, 0.15) is 17.3 Å². The van der Waals surface area contributed by atoms with Crippen LogP contribution in [-0.4, -0.2) is 32.3 Å². The van der Waals surface area contributed by atoms with Gasteiger partial charge in [-0.05, 0) is 43.6 Å². The molecule has 0 radical (unpaired) electrons. The van der Waals surface area contributed by atoms with Crippen molar-refractivity contribution in [1.29, 1.82) is 0 Å². The van der Waals surface area contributed by atoms with Gasteiger partial charge in [0.15, 0.2) is 0 Å². The number of amides is 1. The van der Waals surface area contributed by atoms with Crippen LogP contribution in [0.5, 0.6) is 0 Å². The Labute approximate surface area is 151 Å². The molecular formula is C18H24F2NO4P. The lowest BCUT2D eigenvalue weighted by Gasteiger charge is -2.43. The number of benzene rings is 1. The van der Waals surface area contributed by atoms with E-state index in [4.69, 9.17) is 0 Å². The zero-order valence-corrected chi connectivity index (χ0v) is 15.8. The number of nitrogens with zero attached hydrogens (tertiary/aromatic N) is 1. The van der Waals surface area contributed by atoms with Crippen LogP contribution < -0.4 is 0 Å². The molecule has 3 atom stereocenters. The minimum atomic E-state index is -4.59. The highest BCUT2D eigenvalue weighted by Crippen LogP contribution is 2.58. The van der Waals surface area contributed by atoms with Gasteiger partial charge in [0.2, 0.25) is 5.91 Å². The van der Waals surface area contributed by atoms with Crippen molar-refractivity contribution < 1.29 is 27.9 Å². The van der Waals surface area contributed by atoms with Gasteiger partial charge in [-0.3, -0.25) is 9.36 Å². The molecular weight excluding hydrogens is 363 g/mol. The van der Waals surface area contributed by atoms with E-state index in [2.05, 4.69) is 0 Å². The molecule has 2 heterocycles. The molecule has 0 aliphatic carbocycles. The molecule has 8 heteroatoms. The minimum Gasteiger partial charge on any atom is -0.331 e. The van der Waals surface area contributed by atoms with Crippen LogP contribution in [0.4, 0.5) is 8.78 Å². The molecule has 0 bridgehead atoms. The second kappa shape index (κ2) is 6.70. The van der Waals surface area contributed by atoms with Crippen LogP contribution in [0.3, 0.4) is 0 Å². The Bertz CT molecular complexity index is 762. The highest BCUT2D eigenvalue weighted by Gasteiger charge is 2.57. The van der Waals surface area contributed by atoms with E-state index in [-0.39, 0.29) is 23.4 Å². The number of carbonyl (C=O) groups excluding carboxylic acids is 1. The molecule has 1 unspecified atom stereocenters. The van der Waals surface area contributed by atoms with Crippen LogP contribution in [0.1, 0.15) is 57.6 Å². The van der Waals surface area contributed by atoms with Gasteiger partial charge in [0.05, 0.1) is 6.04 Å². The Kier molecular flexibility index (Phi) is 5.01. The Morgan fingerprint density at radius 1 is 1.23 bits per heavy atom. The molecule has 0 spiro atoms. The molecule has 2 fully saturated rings. The normalized spacial score (nSPS) is 28.3. The molecule has 1 amide bonds. The highest BCUT2D eigenvalue weighted by atomic mass is 31.2. The third-order valence-electron chi connectivity index (χ3n) is 6.37. The van der Waals surface area contributed by atoms with Gasteiger partial charge < -0.3 is 14.7 Å². The van der Waals surface area contributed by atoms with Crippen LogP contribution in [0.15, 0.2) is 18.2 Å². The van der Waals surface area contributed by atoms with Gasteiger partial charge in [-0.2, -0.15) is 0 Å². The number of piperidine rings is 1. The summed E-state index contributed by atoms with van der Waals surface area (Å²) in [5.74, 6) is -2.05. The topological polar surface area (TPSA) is 77.8 Å². The average molecular weight is 387 g/mol. The van der Waals surface area contributed by atoms with E-state index in [9.17, 15) is 27.9 Å². The van der Waals surface area contributed by atoms with Crippen molar-refractivity contribution >= 4 is 13.5 Å². The van der Waals surface area contributed by atoms with Crippen LogP contribution in [0.25, 0.3) is 0 Å². The fourth-order valence-corrected chi connectivity index (χ4v) is 5.76. The first-order chi connectivity index (χ1) is 12.1. The van der Waals surface area contributed by atoms with Crippen LogP contribution in [-0.2, 0) is 9.36 Å². The molecule has 2 saturated heterocycles. The summed E-state index contributed by atoms with van der Waals surface area (Å²) in [4.78, 5) is 33.6. The molecule has 2 aliphatic rings. The zero-order valence-electron chi connectivity index (χ0n) is 14.9. The van der Waals surface area contributed by atoms with Crippen molar-refractivity contribution in [3.63, 3.8) is 0 Å². The molecule has 0 aromatic heterocycles. The molecule has 2 aliphatic heterocycles. The van der Waals surface area contributed by atoms with E-state index in [1.165, 1.54) is 11.0 Å². The summed E-state index contributed by atoms with van der Waals surface area (Å²) in [5.41, 5.74) is -1.41. The average Bonchev–Trinajstić information content (AvgIpc) is 2.90.